The molecule has 0 radical (unpaired) electrons. The Morgan fingerprint density at radius 3 is 3.14 bits per heavy atom. The molecule has 1 amide bonds. The van der Waals surface area contributed by atoms with Crippen LogP contribution in [0.1, 0.15) is 34.0 Å². The van der Waals surface area contributed by atoms with Crippen LogP contribution >= 0.6 is 11.5 Å². The van der Waals surface area contributed by atoms with Crippen molar-refractivity contribution >= 4 is 17.4 Å². The van der Waals surface area contributed by atoms with Crippen LogP contribution in [0.5, 0.6) is 0 Å². The molecule has 0 saturated carbocycles. The fourth-order valence-electron chi connectivity index (χ4n) is 2.65. The average Bonchev–Trinajstić information content (AvgIpc) is 3.14. The normalized spacial score (nSPS) is 19.0. The van der Waals surface area contributed by atoms with Gasteiger partial charge in [-0.05, 0) is 30.1 Å². The van der Waals surface area contributed by atoms with Gasteiger partial charge in [-0.2, -0.15) is 0 Å². The first-order chi connectivity index (χ1) is 10.2. The maximum absolute atomic E-state index is 12.8. The Hall–Kier alpha value is -1.73. The number of carbonyl (C=O) groups excluding carboxylic acids is 1. The smallest absolute Gasteiger partial charge is 0.268 e. The van der Waals surface area contributed by atoms with Gasteiger partial charge in [0.05, 0.1) is 24.9 Å². The van der Waals surface area contributed by atoms with E-state index in [0.29, 0.717) is 24.6 Å². The SMILES string of the molecule is CCc1nnsc1C(=O)N1CCOC[C@H]1c1cccn1C. The van der Waals surface area contributed by atoms with E-state index in [1.54, 1.807) is 0 Å². The van der Waals surface area contributed by atoms with Crippen molar-refractivity contribution in [3.8, 4) is 0 Å². The minimum Gasteiger partial charge on any atom is -0.377 e. The Kier molecular flexibility index (Phi) is 4.03. The highest BCUT2D eigenvalue weighted by molar-refractivity contribution is 7.08. The molecular formula is C14H18N4O2S. The summed E-state index contributed by atoms with van der Waals surface area (Å²) in [5, 5.41) is 4.04. The molecule has 0 aromatic carbocycles. The summed E-state index contributed by atoms with van der Waals surface area (Å²) in [6.45, 7) is 3.68. The summed E-state index contributed by atoms with van der Waals surface area (Å²) in [6, 6.07) is 3.96. The minimum atomic E-state index is -0.0574. The predicted molar refractivity (Wildman–Crippen MR) is 79.3 cm³/mol. The summed E-state index contributed by atoms with van der Waals surface area (Å²) >= 11 is 1.18. The molecule has 0 spiro atoms. The number of amides is 1. The quantitative estimate of drug-likeness (QED) is 0.865. The van der Waals surface area contributed by atoms with Crippen molar-refractivity contribution in [2.45, 2.75) is 19.4 Å². The molecule has 1 fully saturated rings. The highest BCUT2D eigenvalue weighted by atomic mass is 32.1. The third-order valence-corrected chi connectivity index (χ3v) is 4.56. The number of hydrogen-bond donors (Lipinski definition) is 0. The molecule has 0 bridgehead atoms. The molecule has 7 heteroatoms. The zero-order chi connectivity index (χ0) is 14.8. The Morgan fingerprint density at radius 1 is 1.57 bits per heavy atom. The van der Waals surface area contributed by atoms with Gasteiger partial charge in [0.1, 0.15) is 4.88 Å². The fraction of sp³-hybridized carbons (Fsp3) is 0.500. The van der Waals surface area contributed by atoms with Gasteiger partial charge >= 0.3 is 0 Å². The van der Waals surface area contributed by atoms with E-state index >= 15 is 0 Å². The summed E-state index contributed by atoms with van der Waals surface area (Å²) in [5.41, 5.74) is 1.86. The van der Waals surface area contributed by atoms with E-state index in [-0.39, 0.29) is 11.9 Å². The summed E-state index contributed by atoms with van der Waals surface area (Å²) < 4.78 is 11.5. The van der Waals surface area contributed by atoms with Crippen molar-refractivity contribution in [1.29, 1.82) is 0 Å². The van der Waals surface area contributed by atoms with Crippen LogP contribution in [0.2, 0.25) is 0 Å². The van der Waals surface area contributed by atoms with Crippen LogP contribution in [0, 0.1) is 0 Å². The first-order valence-corrected chi connectivity index (χ1v) is 7.81. The van der Waals surface area contributed by atoms with E-state index < -0.39 is 0 Å². The van der Waals surface area contributed by atoms with Crippen molar-refractivity contribution < 1.29 is 9.53 Å². The number of carbonyl (C=O) groups is 1. The standard InChI is InChI=1S/C14H18N4O2S/c1-3-10-13(21-16-15-10)14(19)18-7-8-20-9-12(18)11-5-4-6-17(11)2/h4-6,12H,3,7-9H2,1-2H3/t12-/m0/s1. The Morgan fingerprint density at radius 2 is 2.43 bits per heavy atom. The minimum absolute atomic E-state index is 0.0105. The lowest BCUT2D eigenvalue weighted by atomic mass is 10.1. The van der Waals surface area contributed by atoms with Crippen LogP contribution < -0.4 is 0 Å². The van der Waals surface area contributed by atoms with Crippen LogP contribution in [-0.4, -0.2) is 44.7 Å². The average molecular weight is 306 g/mol. The lowest BCUT2D eigenvalue weighted by Crippen LogP contribution is -2.44. The van der Waals surface area contributed by atoms with E-state index in [1.807, 2.05) is 41.8 Å². The van der Waals surface area contributed by atoms with Crippen LogP contribution in [0.25, 0.3) is 0 Å². The van der Waals surface area contributed by atoms with E-state index in [1.165, 1.54) is 11.5 Å². The highest BCUT2D eigenvalue weighted by Gasteiger charge is 2.32. The second-order valence-corrected chi connectivity index (χ2v) is 5.79. The van der Waals surface area contributed by atoms with Crippen molar-refractivity contribution in [3.05, 3.63) is 34.6 Å². The maximum atomic E-state index is 12.8. The van der Waals surface area contributed by atoms with Gasteiger partial charge in [0.2, 0.25) is 0 Å². The van der Waals surface area contributed by atoms with Crippen LogP contribution in [-0.2, 0) is 18.2 Å². The van der Waals surface area contributed by atoms with Gasteiger partial charge in [-0.1, -0.05) is 11.4 Å². The molecule has 0 aliphatic carbocycles. The molecule has 1 saturated heterocycles. The van der Waals surface area contributed by atoms with E-state index in [9.17, 15) is 4.79 Å². The molecule has 112 valence electrons. The van der Waals surface area contributed by atoms with Crippen LogP contribution in [0.3, 0.4) is 0 Å². The van der Waals surface area contributed by atoms with Crippen LogP contribution in [0.15, 0.2) is 18.3 Å². The number of morpholine rings is 1. The third kappa shape index (κ3) is 2.58. The molecule has 2 aromatic rings. The fourth-order valence-corrected chi connectivity index (χ4v) is 3.35. The molecule has 3 rings (SSSR count). The number of aromatic nitrogens is 3. The van der Waals surface area contributed by atoms with E-state index in [4.69, 9.17) is 4.74 Å². The predicted octanol–water partition coefficient (Wildman–Crippen LogP) is 1.65. The monoisotopic (exact) mass is 306 g/mol. The second kappa shape index (κ2) is 5.95. The van der Waals surface area contributed by atoms with Gasteiger partial charge in [-0.3, -0.25) is 4.79 Å². The Balaban J connectivity index is 1.91. The van der Waals surface area contributed by atoms with Gasteiger partial charge in [-0.15, -0.1) is 5.10 Å². The molecule has 6 nitrogen and oxygen atoms in total. The zero-order valence-corrected chi connectivity index (χ0v) is 13.0. The van der Waals surface area contributed by atoms with E-state index in [0.717, 1.165) is 17.8 Å². The van der Waals surface area contributed by atoms with Crippen molar-refractivity contribution in [1.82, 2.24) is 19.1 Å². The molecule has 1 atom stereocenters. The molecule has 0 N–H and O–H groups in total. The Bertz CT molecular complexity index is 636. The molecule has 0 unspecified atom stereocenters. The van der Waals surface area contributed by atoms with E-state index in [2.05, 4.69) is 9.59 Å². The summed E-state index contributed by atoms with van der Waals surface area (Å²) in [4.78, 5) is 15.4. The molecule has 21 heavy (non-hydrogen) atoms. The van der Waals surface area contributed by atoms with Crippen molar-refractivity contribution in [3.63, 3.8) is 0 Å². The summed E-state index contributed by atoms with van der Waals surface area (Å²) in [6.07, 6.45) is 2.70. The second-order valence-electron chi connectivity index (χ2n) is 5.04. The summed E-state index contributed by atoms with van der Waals surface area (Å²) in [5.74, 6) is 0.0105. The number of hydrogen-bond acceptors (Lipinski definition) is 5. The summed E-state index contributed by atoms with van der Waals surface area (Å²) in [7, 11) is 1.98. The molecular weight excluding hydrogens is 288 g/mol. The highest BCUT2D eigenvalue weighted by Crippen LogP contribution is 2.27. The first kappa shape index (κ1) is 14.2. The molecule has 3 heterocycles. The van der Waals surface area contributed by atoms with Gasteiger partial charge in [0, 0.05) is 25.5 Å². The molecule has 2 aromatic heterocycles. The molecule has 1 aliphatic heterocycles. The lowest BCUT2D eigenvalue weighted by molar-refractivity contribution is -0.00443. The van der Waals surface area contributed by atoms with Crippen molar-refractivity contribution in [2.24, 2.45) is 7.05 Å². The largest absolute Gasteiger partial charge is 0.377 e. The topological polar surface area (TPSA) is 60.3 Å². The van der Waals surface area contributed by atoms with Gasteiger partial charge in [0.25, 0.3) is 5.91 Å². The lowest BCUT2D eigenvalue weighted by Gasteiger charge is -2.35. The van der Waals surface area contributed by atoms with Crippen molar-refractivity contribution in [2.75, 3.05) is 19.8 Å². The van der Waals surface area contributed by atoms with Gasteiger partial charge in [-0.25, -0.2) is 0 Å². The number of rotatable bonds is 3. The zero-order valence-electron chi connectivity index (χ0n) is 12.2. The van der Waals surface area contributed by atoms with Crippen LogP contribution in [0.4, 0.5) is 0 Å². The third-order valence-electron chi connectivity index (χ3n) is 3.80. The van der Waals surface area contributed by atoms with Gasteiger partial charge in [0.15, 0.2) is 0 Å². The first-order valence-electron chi connectivity index (χ1n) is 7.03. The number of nitrogens with zero attached hydrogens (tertiary/aromatic N) is 4. The number of aryl methyl sites for hydroxylation is 2. The Labute approximate surface area is 127 Å². The molecule has 1 aliphatic rings. The number of ether oxygens (including phenoxy) is 1. The maximum Gasteiger partial charge on any atom is 0.268 e. The van der Waals surface area contributed by atoms with Gasteiger partial charge < -0.3 is 14.2 Å².